The maximum Gasteiger partial charge on any atom is 0.364 e. The van der Waals surface area contributed by atoms with Crippen LogP contribution in [0.25, 0.3) is 0 Å². The number of carboxylic acids is 1. The number of carbonyl (C=O) groups is 3. The Morgan fingerprint density at radius 1 is 1.14 bits per heavy atom. The van der Waals surface area contributed by atoms with Gasteiger partial charge in [0.1, 0.15) is 18.0 Å². The molecule has 2 aromatic rings. The van der Waals surface area contributed by atoms with Crippen molar-refractivity contribution in [2.75, 3.05) is 13.2 Å². The molecule has 1 aliphatic rings. The Morgan fingerprint density at radius 3 is 2.40 bits per heavy atom. The molecule has 1 heterocycles. The molecule has 0 saturated carbocycles. The molecule has 0 unspecified atom stereocenters. The van der Waals surface area contributed by atoms with Crippen molar-refractivity contribution in [3.05, 3.63) is 64.7 Å². The molecule has 0 aliphatic carbocycles. The summed E-state index contributed by atoms with van der Waals surface area (Å²) in [5.74, 6) is -1.60. The third-order valence-corrected chi connectivity index (χ3v) is 6.89. The zero-order chi connectivity index (χ0) is 31.6. The van der Waals surface area contributed by atoms with Crippen LogP contribution in [-0.2, 0) is 32.1 Å². The second-order valence-corrected chi connectivity index (χ2v) is 10.3. The minimum absolute atomic E-state index is 0.0432. The van der Waals surface area contributed by atoms with Crippen LogP contribution in [-0.4, -0.2) is 87.7 Å². The van der Waals surface area contributed by atoms with Gasteiger partial charge in [-0.25, -0.2) is 9.59 Å². The van der Waals surface area contributed by atoms with E-state index in [1.165, 1.54) is 0 Å². The lowest BCUT2D eigenvalue weighted by Crippen LogP contribution is -2.68. The summed E-state index contributed by atoms with van der Waals surface area (Å²) in [4.78, 5) is 36.4. The van der Waals surface area contributed by atoms with Crippen molar-refractivity contribution in [3.63, 3.8) is 0 Å². The lowest BCUT2D eigenvalue weighted by molar-refractivity contribution is -0.313. The van der Waals surface area contributed by atoms with Crippen LogP contribution in [0.5, 0.6) is 5.75 Å². The number of hydrogen-bond donors (Lipinski definition) is 7. The van der Waals surface area contributed by atoms with Crippen LogP contribution in [0.2, 0.25) is 5.02 Å². The molecule has 2 aromatic carbocycles. The maximum absolute atomic E-state index is 12.4. The van der Waals surface area contributed by atoms with E-state index in [4.69, 9.17) is 38.0 Å². The molecule has 13 nitrogen and oxygen atoms in total. The molecule has 8 N–H and O–H groups in total. The Morgan fingerprint density at radius 2 is 1.79 bits per heavy atom. The standard InChI is InChI=1S/C29H34ClN3O10/c1-2-3-12-41-20-10-6-18(7-11-20)16-42-29(27(38)39)14-21(34)24(33-28(31)40)26(43-29)25(37)22(35)15-32-23(36)13-17-4-8-19(30)9-5-17/h1,4-11,21-22,24-26,34-35,37H,3,12-16H2,(H,32,36)(H,38,39)(H3,31,33,40)/t21-,22+,24+,25+,26+,29+/m0/s1. The van der Waals surface area contributed by atoms with Gasteiger partial charge in [-0.3, -0.25) is 4.79 Å². The number of aliphatic carboxylic acids is 1. The monoisotopic (exact) mass is 619 g/mol. The summed E-state index contributed by atoms with van der Waals surface area (Å²) in [5, 5.41) is 47.8. The fourth-order valence-electron chi connectivity index (χ4n) is 4.40. The van der Waals surface area contributed by atoms with Gasteiger partial charge in [0.2, 0.25) is 5.91 Å². The number of carbonyl (C=O) groups excluding carboxylic acids is 2. The predicted octanol–water partition coefficient (Wildman–Crippen LogP) is 0.307. The zero-order valence-electron chi connectivity index (χ0n) is 23.0. The van der Waals surface area contributed by atoms with Crippen molar-refractivity contribution in [1.82, 2.24) is 10.6 Å². The summed E-state index contributed by atoms with van der Waals surface area (Å²) >= 11 is 5.85. The van der Waals surface area contributed by atoms with Crippen molar-refractivity contribution in [1.29, 1.82) is 0 Å². The number of amides is 3. The summed E-state index contributed by atoms with van der Waals surface area (Å²) in [7, 11) is 0. The van der Waals surface area contributed by atoms with Crippen molar-refractivity contribution < 1.29 is 49.0 Å². The lowest BCUT2D eigenvalue weighted by Gasteiger charge is -2.46. The Labute approximate surface area is 252 Å². The van der Waals surface area contributed by atoms with Crippen LogP contribution in [0, 0.1) is 12.3 Å². The first-order valence-electron chi connectivity index (χ1n) is 13.3. The normalized spacial score (nSPS) is 22.9. The van der Waals surface area contributed by atoms with Crippen LogP contribution in [0.1, 0.15) is 24.0 Å². The number of benzene rings is 2. The minimum Gasteiger partial charge on any atom is -0.493 e. The van der Waals surface area contributed by atoms with E-state index in [-0.39, 0.29) is 13.0 Å². The number of hydrogen-bond acceptors (Lipinski definition) is 9. The summed E-state index contributed by atoms with van der Waals surface area (Å²) < 4.78 is 16.8. The largest absolute Gasteiger partial charge is 0.493 e. The molecule has 6 atom stereocenters. The average molecular weight is 620 g/mol. The van der Waals surface area contributed by atoms with Gasteiger partial charge in [-0.1, -0.05) is 35.9 Å². The molecule has 0 bridgehead atoms. The number of primary amides is 1. The van der Waals surface area contributed by atoms with Gasteiger partial charge in [-0.2, -0.15) is 0 Å². The Bertz CT molecular complexity index is 1290. The second kappa shape index (κ2) is 15.5. The van der Waals surface area contributed by atoms with E-state index in [2.05, 4.69) is 16.6 Å². The molecular formula is C29H34ClN3O10. The van der Waals surface area contributed by atoms with E-state index in [0.717, 1.165) is 0 Å². The van der Waals surface area contributed by atoms with Crippen LogP contribution in [0.4, 0.5) is 4.79 Å². The number of nitrogens with one attached hydrogen (secondary N) is 2. The highest BCUT2D eigenvalue weighted by molar-refractivity contribution is 6.30. The topological polar surface area (TPSA) is 210 Å². The first-order chi connectivity index (χ1) is 20.4. The molecule has 0 spiro atoms. The van der Waals surface area contributed by atoms with E-state index in [9.17, 15) is 34.8 Å². The second-order valence-electron chi connectivity index (χ2n) is 9.85. The highest BCUT2D eigenvalue weighted by Gasteiger charge is 2.55. The van der Waals surface area contributed by atoms with Gasteiger partial charge in [0.25, 0.3) is 5.79 Å². The van der Waals surface area contributed by atoms with E-state index in [1.54, 1.807) is 48.5 Å². The Kier molecular flexibility index (Phi) is 12.1. The molecule has 14 heteroatoms. The molecular weight excluding hydrogens is 586 g/mol. The fourth-order valence-corrected chi connectivity index (χ4v) is 4.52. The number of terminal acetylenes is 1. The number of urea groups is 1. The quantitative estimate of drug-likeness (QED) is 0.114. The Balaban J connectivity index is 1.71. The molecule has 43 heavy (non-hydrogen) atoms. The number of carboxylic acid groups (broad SMARTS) is 1. The number of rotatable bonds is 14. The first kappa shape index (κ1) is 33.6. The van der Waals surface area contributed by atoms with Crippen LogP contribution in [0.3, 0.4) is 0 Å². The van der Waals surface area contributed by atoms with Crippen molar-refractivity contribution >= 4 is 29.5 Å². The molecule has 0 aromatic heterocycles. The van der Waals surface area contributed by atoms with E-state index < -0.39 is 67.1 Å². The molecule has 1 aliphatic heterocycles. The molecule has 232 valence electrons. The summed E-state index contributed by atoms with van der Waals surface area (Å²) in [6.45, 7) is -0.435. The number of halogens is 1. The van der Waals surface area contributed by atoms with Crippen LogP contribution < -0.4 is 21.1 Å². The number of aliphatic hydroxyl groups excluding tert-OH is 3. The van der Waals surface area contributed by atoms with Crippen molar-refractivity contribution in [2.24, 2.45) is 5.73 Å². The van der Waals surface area contributed by atoms with Gasteiger partial charge < -0.3 is 51.0 Å². The number of aliphatic hydroxyl groups is 3. The molecule has 1 saturated heterocycles. The van der Waals surface area contributed by atoms with Crippen LogP contribution >= 0.6 is 11.6 Å². The Hall–Kier alpha value is -3.90. The van der Waals surface area contributed by atoms with Gasteiger partial charge in [0.15, 0.2) is 0 Å². The summed E-state index contributed by atoms with van der Waals surface area (Å²) in [5.41, 5.74) is 6.40. The lowest BCUT2D eigenvalue weighted by atomic mass is 9.88. The third kappa shape index (κ3) is 9.55. The number of nitrogens with two attached hydrogens (primary N) is 1. The molecule has 1 fully saturated rings. The number of ether oxygens (including phenoxy) is 3. The highest BCUT2D eigenvalue weighted by Crippen LogP contribution is 2.34. The van der Waals surface area contributed by atoms with E-state index in [1.807, 2.05) is 0 Å². The van der Waals surface area contributed by atoms with Gasteiger partial charge in [-0.05, 0) is 35.4 Å². The SMILES string of the molecule is C#CCCOc1ccc(CO[C@]2(C(=O)O)C[C@H](O)[C@@H](NC(N)=O)[C@H]([C@H](O)[C@H](O)CNC(=O)Cc3ccc(Cl)cc3)O2)cc1. The predicted molar refractivity (Wildman–Crippen MR) is 153 cm³/mol. The summed E-state index contributed by atoms with van der Waals surface area (Å²) in [6.07, 6.45) is -2.04. The first-order valence-corrected chi connectivity index (χ1v) is 13.6. The van der Waals surface area contributed by atoms with Crippen molar-refractivity contribution in [2.45, 2.75) is 62.1 Å². The van der Waals surface area contributed by atoms with E-state index >= 15 is 0 Å². The summed E-state index contributed by atoms with van der Waals surface area (Å²) in [6, 6.07) is 10.5. The average Bonchev–Trinajstić information content (AvgIpc) is 2.97. The zero-order valence-corrected chi connectivity index (χ0v) is 23.8. The molecule has 3 rings (SSSR count). The molecule has 3 amide bonds. The van der Waals surface area contributed by atoms with Gasteiger partial charge in [0.05, 0.1) is 37.9 Å². The van der Waals surface area contributed by atoms with Gasteiger partial charge in [0, 0.05) is 24.4 Å². The highest BCUT2D eigenvalue weighted by atomic mass is 35.5. The van der Waals surface area contributed by atoms with Crippen LogP contribution in [0.15, 0.2) is 48.5 Å². The molecule has 0 radical (unpaired) electrons. The maximum atomic E-state index is 12.4. The van der Waals surface area contributed by atoms with Crippen molar-refractivity contribution in [3.8, 4) is 18.1 Å². The minimum atomic E-state index is -2.49. The third-order valence-electron chi connectivity index (χ3n) is 6.64. The van der Waals surface area contributed by atoms with E-state index in [0.29, 0.717) is 34.9 Å². The van der Waals surface area contributed by atoms with Gasteiger partial charge in [-0.15, -0.1) is 12.3 Å². The fraction of sp³-hybridized carbons (Fsp3) is 0.414. The smallest absolute Gasteiger partial charge is 0.364 e. The van der Waals surface area contributed by atoms with Gasteiger partial charge >= 0.3 is 12.0 Å².